The summed E-state index contributed by atoms with van der Waals surface area (Å²) in [7, 11) is 0. The largest absolute Gasteiger partial charge is 3.00 e. The van der Waals surface area contributed by atoms with Crippen LogP contribution in [0.2, 0.25) is 0 Å². The van der Waals surface area contributed by atoms with Gasteiger partial charge in [-0.3, -0.25) is 0 Å². The molecule has 0 saturated carbocycles. The molecule has 4 heteroatoms. The van der Waals surface area contributed by atoms with Gasteiger partial charge in [-0.1, -0.05) is 0 Å². The van der Waals surface area contributed by atoms with Crippen LogP contribution < -0.4 is 0 Å². The second-order valence-electron chi connectivity index (χ2n) is 0. The van der Waals surface area contributed by atoms with Crippen molar-refractivity contribution < 1.29 is 59.1 Å². The van der Waals surface area contributed by atoms with Crippen LogP contribution >= 0.6 is 0 Å². The Labute approximate surface area is 58.9 Å². The maximum Gasteiger partial charge on any atom is 3.00 e. The monoisotopic (exact) mass is 191 g/mol. The first-order chi connectivity index (χ1) is 0. The zero-order valence-corrected chi connectivity index (χ0v) is 7.10. The Bertz CT molecular complexity index is 8.00. The number of rotatable bonds is 0. The number of hydrogen-bond donors (Lipinski definition) is 0. The van der Waals surface area contributed by atoms with E-state index in [9.17, 15) is 0 Å². The Morgan fingerprint density at radius 2 is 1.00 bits per heavy atom. The van der Waals surface area contributed by atoms with Gasteiger partial charge in [-0.15, -0.1) is 0 Å². The molecule has 0 aliphatic heterocycles. The van der Waals surface area contributed by atoms with Crippen molar-refractivity contribution in [1.82, 2.24) is 0 Å². The van der Waals surface area contributed by atoms with Gasteiger partial charge in [0, 0.05) is 0 Å². The molecule has 0 unspecified atom stereocenters. The van der Waals surface area contributed by atoms with E-state index in [4.69, 9.17) is 0 Å². The van der Waals surface area contributed by atoms with Gasteiger partial charge in [0.05, 0.1) is 0 Å². The van der Waals surface area contributed by atoms with Gasteiger partial charge in [-0.25, -0.2) is 0 Å². The Morgan fingerprint density at radius 3 is 1.00 bits per heavy atom. The third-order valence-electron chi connectivity index (χ3n) is 0. The molecule has 0 atom stereocenters. The van der Waals surface area contributed by atoms with Gasteiger partial charge >= 0.3 is 53.6 Å². The SMILES string of the molecule is [Fe+3].[Mn+2].[O-2].[Zn+2]. The predicted octanol–water partition coefficient (Wildman–Crippen LogP) is -0.126. The van der Waals surface area contributed by atoms with Crippen LogP contribution in [0.1, 0.15) is 0 Å². The van der Waals surface area contributed by atoms with Gasteiger partial charge in [-0.05, 0) is 0 Å². The second kappa shape index (κ2) is 23.0. The number of hydrogen-bond acceptors (Lipinski definition) is 0. The van der Waals surface area contributed by atoms with Crippen LogP contribution in [-0.4, -0.2) is 0 Å². The summed E-state index contributed by atoms with van der Waals surface area (Å²) in [5.41, 5.74) is 0. The zero-order chi connectivity index (χ0) is 0. The van der Waals surface area contributed by atoms with E-state index in [1.807, 2.05) is 0 Å². The predicted molar refractivity (Wildman–Crippen MR) is 0.686 cm³/mol. The molecule has 0 rings (SSSR count). The quantitative estimate of drug-likeness (QED) is 0.478. The molecule has 0 aliphatic rings. The van der Waals surface area contributed by atoms with Crippen molar-refractivity contribution in [2.24, 2.45) is 0 Å². The molecule has 18 valence electrons. The minimum atomic E-state index is 0. The standard InChI is InChI=1S/Fe.Mn.O.Zn/q+3;+2;-2;+2. The molecule has 0 amide bonds. The molecule has 0 aromatic carbocycles. The Balaban J connectivity index is 0. The third kappa shape index (κ3) is 9.46. The average Bonchev–Trinajstić information content (AvgIpc) is 0. The first-order valence-electron chi connectivity index (χ1n) is 0. The fourth-order valence-corrected chi connectivity index (χ4v) is 0. The van der Waals surface area contributed by atoms with Crippen molar-refractivity contribution >= 4 is 0 Å². The van der Waals surface area contributed by atoms with Gasteiger partial charge < -0.3 is 5.48 Å². The Hall–Kier alpha value is 1.62. The van der Waals surface area contributed by atoms with Crippen LogP contribution in [0.15, 0.2) is 0 Å². The van der Waals surface area contributed by atoms with Crippen molar-refractivity contribution in [3.63, 3.8) is 0 Å². The van der Waals surface area contributed by atoms with Gasteiger partial charge in [-0.2, -0.15) is 0 Å². The molecule has 1 nitrogen and oxygen atoms in total. The minimum absolute atomic E-state index is 0. The Morgan fingerprint density at radius 1 is 1.00 bits per heavy atom. The maximum absolute atomic E-state index is 0. The molecular weight excluding hydrogens is 192 g/mol. The van der Waals surface area contributed by atoms with Gasteiger partial charge in [0.1, 0.15) is 0 Å². The fourth-order valence-electron chi connectivity index (χ4n) is 0. The molecular formula is FeMnOZn+5. The molecule has 0 aromatic rings. The molecule has 2 radical (unpaired) electrons. The van der Waals surface area contributed by atoms with Gasteiger partial charge in [0.15, 0.2) is 0 Å². The normalized spacial score (nSPS) is 0. The van der Waals surface area contributed by atoms with Crippen LogP contribution in [0.4, 0.5) is 0 Å². The first-order valence-corrected chi connectivity index (χ1v) is 0. The summed E-state index contributed by atoms with van der Waals surface area (Å²) in [5, 5.41) is 0. The van der Waals surface area contributed by atoms with Crippen LogP contribution in [0, 0.1) is 0 Å². The van der Waals surface area contributed by atoms with Crippen molar-refractivity contribution in [3.8, 4) is 0 Å². The summed E-state index contributed by atoms with van der Waals surface area (Å²) >= 11 is 0. The van der Waals surface area contributed by atoms with E-state index in [0.717, 1.165) is 0 Å². The van der Waals surface area contributed by atoms with E-state index in [-0.39, 0.29) is 59.1 Å². The van der Waals surface area contributed by atoms with Crippen molar-refractivity contribution in [2.75, 3.05) is 0 Å². The summed E-state index contributed by atoms with van der Waals surface area (Å²) < 4.78 is 0. The molecule has 0 fully saturated rings. The molecule has 0 bridgehead atoms. The third-order valence-corrected chi connectivity index (χ3v) is 0. The van der Waals surface area contributed by atoms with E-state index in [2.05, 4.69) is 0 Å². The van der Waals surface area contributed by atoms with E-state index in [0.29, 0.717) is 0 Å². The molecule has 0 N–H and O–H groups in total. The van der Waals surface area contributed by atoms with Crippen LogP contribution in [0.5, 0.6) is 0 Å². The van der Waals surface area contributed by atoms with Crippen molar-refractivity contribution in [2.45, 2.75) is 0 Å². The molecule has 0 aromatic heterocycles. The average molecular weight is 192 g/mol. The zero-order valence-electron chi connectivity index (χ0n) is 1.85. The summed E-state index contributed by atoms with van der Waals surface area (Å²) in [5.74, 6) is 0. The van der Waals surface area contributed by atoms with Gasteiger partial charge in [0.25, 0.3) is 0 Å². The van der Waals surface area contributed by atoms with Crippen molar-refractivity contribution in [3.05, 3.63) is 0 Å². The molecule has 0 heterocycles. The summed E-state index contributed by atoms with van der Waals surface area (Å²) in [6, 6.07) is 0. The van der Waals surface area contributed by atoms with E-state index < -0.39 is 0 Å². The maximum atomic E-state index is 0. The second-order valence-corrected chi connectivity index (χ2v) is 0. The van der Waals surface area contributed by atoms with Crippen molar-refractivity contribution in [1.29, 1.82) is 0 Å². The smallest absolute Gasteiger partial charge is 2.00 e. The van der Waals surface area contributed by atoms with E-state index in [1.54, 1.807) is 0 Å². The molecule has 4 heavy (non-hydrogen) atoms. The van der Waals surface area contributed by atoms with E-state index >= 15 is 0 Å². The summed E-state index contributed by atoms with van der Waals surface area (Å²) in [4.78, 5) is 0. The molecule has 0 aliphatic carbocycles. The topological polar surface area (TPSA) is 28.5 Å². The molecule has 0 spiro atoms. The van der Waals surface area contributed by atoms with Crippen LogP contribution in [0.3, 0.4) is 0 Å². The summed E-state index contributed by atoms with van der Waals surface area (Å²) in [6.07, 6.45) is 0. The fraction of sp³-hybridized carbons (Fsp3) is 0. The molecule has 0 saturated heterocycles. The van der Waals surface area contributed by atoms with E-state index in [1.165, 1.54) is 0 Å². The Kier molecular flexibility index (Phi) is 263. The summed E-state index contributed by atoms with van der Waals surface area (Å²) in [6.45, 7) is 0. The van der Waals surface area contributed by atoms with Crippen LogP contribution in [0.25, 0.3) is 0 Å². The minimum Gasteiger partial charge on any atom is -2.00 e. The first kappa shape index (κ1) is 45.6. The van der Waals surface area contributed by atoms with Crippen LogP contribution in [-0.2, 0) is 59.1 Å². The van der Waals surface area contributed by atoms with Gasteiger partial charge in [0.2, 0.25) is 0 Å².